The molecule has 0 saturated heterocycles. The number of hydrogen-bond donors (Lipinski definition) is 0. The number of hydrogen-bond acceptors (Lipinski definition) is 4. The first-order chi connectivity index (χ1) is 12.8. The van der Waals surface area contributed by atoms with E-state index in [9.17, 15) is 0 Å². The zero-order chi connectivity index (χ0) is 18.2. The van der Waals surface area contributed by atoms with Crippen molar-refractivity contribution in [2.24, 2.45) is 9.98 Å². The molecule has 0 amide bonds. The lowest BCUT2D eigenvalue weighted by Crippen LogP contribution is -1.85. The minimum Gasteiger partial charge on any atom is -0.497 e. The van der Waals surface area contributed by atoms with Crippen molar-refractivity contribution >= 4 is 23.8 Å². The Balaban J connectivity index is 1.63. The van der Waals surface area contributed by atoms with Crippen molar-refractivity contribution < 1.29 is 9.47 Å². The standard InChI is InChI=1S/C22H20N2O2/c1-25-21-11-7-19(8-12-21)23-15-17-3-5-18(6-4-17)16-24-20-9-13-22(26-2)14-10-20/h3-16H,1-2H3. The molecule has 3 aromatic rings. The van der Waals surface area contributed by atoms with E-state index in [2.05, 4.69) is 9.98 Å². The Morgan fingerprint density at radius 2 is 0.885 bits per heavy atom. The van der Waals surface area contributed by atoms with Crippen LogP contribution in [-0.4, -0.2) is 26.6 Å². The second-order valence-electron chi connectivity index (χ2n) is 5.58. The zero-order valence-corrected chi connectivity index (χ0v) is 14.8. The average molecular weight is 344 g/mol. The predicted molar refractivity (Wildman–Crippen MR) is 107 cm³/mol. The van der Waals surface area contributed by atoms with E-state index in [1.807, 2.05) is 85.2 Å². The summed E-state index contributed by atoms with van der Waals surface area (Å²) in [6, 6.07) is 23.3. The minimum absolute atomic E-state index is 0.824. The van der Waals surface area contributed by atoms with E-state index >= 15 is 0 Å². The molecule has 3 aromatic carbocycles. The zero-order valence-electron chi connectivity index (χ0n) is 14.8. The molecule has 0 saturated carbocycles. The van der Waals surface area contributed by atoms with E-state index in [0.717, 1.165) is 34.0 Å². The molecule has 0 aliphatic carbocycles. The lowest BCUT2D eigenvalue weighted by Gasteiger charge is -2.00. The van der Waals surface area contributed by atoms with Crippen molar-refractivity contribution in [3.8, 4) is 11.5 Å². The van der Waals surface area contributed by atoms with Crippen LogP contribution in [-0.2, 0) is 0 Å². The highest BCUT2D eigenvalue weighted by atomic mass is 16.5. The van der Waals surface area contributed by atoms with Gasteiger partial charge in [-0.25, -0.2) is 0 Å². The average Bonchev–Trinajstić information content (AvgIpc) is 2.72. The molecule has 4 nitrogen and oxygen atoms in total. The molecule has 0 fully saturated rings. The SMILES string of the molecule is COc1ccc(N=Cc2ccc(C=Nc3ccc(OC)cc3)cc2)cc1. The number of methoxy groups -OCH3 is 2. The molecule has 0 heterocycles. The highest BCUT2D eigenvalue weighted by molar-refractivity contribution is 5.86. The Labute approximate surface area is 153 Å². The van der Waals surface area contributed by atoms with Gasteiger partial charge in [0.25, 0.3) is 0 Å². The third-order valence-corrected chi connectivity index (χ3v) is 3.81. The summed E-state index contributed by atoms with van der Waals surface area (Å²) in [6.45, 7) is 0. The Morgan fingerprint density at radius 3 is 1.19 bits per heavy atom. The fourth-order valence-corrected chi connectivity index (χ4v) is 2.30. The van der Waals surface area contributed by atoms with E-state index in [1.165, 1.54) is 0 Å². The van der Waals surface area contributed by atoms with Gasteiger partial charge in [-0.3, -0.25) is 9.98 Å². The van der Waals surface area contributed by atoms with Gasteiger partial charge in [-0.1, -0.05) is 24.3 Å². The maximum absolute atomic E-state index is 5.14. The first-order valence-corrected chi connectivity index (χ1v) is 8.23. The normalized spacial score (nSPS) is 11.2. The number of benzene rings is 3. The van der Waals surface area contributed by atoms with Crippen molar-refractivity contribution in [2.75, 3.05) is 14.2 Å². The monoisotopic (exact) mass is 344 g/mol. The van der Waals surface area contributed by atoms with Gasteiger partial charge in [0, 0.05) is 12.4 Å². The van der Waals surface area contributed by atoms with Crippen LogP contribution in [0.4, 0.5) is 11.4 Å². The van der Waals surface area contributed by atoms with E-state index in [0.29, 0.717) is 0 Å². The topological polar surface area (TPSA) is 43.2 Å². The molecule has 3 rings (SSSR count). The van der Waals surface area contributed by atoms with Crippen LogP contribution in [0.3, 0.4) is 0 Å². The van der Waals surface area contributed by atoms with Crippen molar-refractivity contribution in [1.82, 2.24) is 0 Å². The van der Waals surface area contributed by atoms with Crippen LogP contribution in [0.15, 0.2) is 82.8 Å². The lowest BCUT2D eigenvalue weighted by molar-refractivity contribution is 0.415. The van der Waals surface area contributed by atoms with Crippen LogP contribution >= 0.6 is 0 Å². The summed E-state index contributed by atoms with van der Waals surface area (Å²) in [5.41, 5.74) is 3.83. The van der Waals surface area contributed by atoms with E-state index in [1.54, 1.807) is 14.2 Å². The summed E-state index contributed by atoms with van der Waals surface area (Å²) in [7, 11) is 3.30. The second kappa shape index (κ2) is 8.62. The molecular weight excluding hydrogens is 324 g/mol. The Kier molecular flexibility index (Phi) is 5.78. The summed E-state index contributed by atoms with van der Waals surface area (Å²) >= 11 is 0. The Morgan fingerprint density at radius 1 is 0.538 bits per heavy atom. The smallest absolute Gasteiger partial charge is 0.119 e. The van der Waals surface area contributed by atoms with Gasteiger partial charge in [0.05, 0.1) is 25.6 Å². The Bertz CT molecular complexity index is 804. The first-order valence-electron chi connectivity index (χ1n) is 8.23. The summed E-state index contributed by atoms with van der Waals surface area (Å²) in [6.07, 6.45) is 3.68. The van der Waals surface area contributed by atoms with Crippen LogP contribution in [0.2, 0.25) is 0 Å². The lowest BCUT2D eigenvalue weighted by atomic mass is 10.1. The van der Waals surface area contributed by atoms with Crippen LogP contribution < -0.4 is 9.47 Å². The van der Waals surface area contributed by atoms with Gasteiger partial charge in [-0.2, -0.15) is 0 Å². The fourth-order valence-electron chi connectivity index (χ4n) is 2.30. The van der Waals surface area contributed by atoms with Crippen molar-refractivity contribution in [2.45, 2.75) is 0 Å². The maximum atomic E-state index is 5.14. The number of rotatable bonds is 6. The summed E-state index contributed by atoms with van der Waals surface area (Å²) in [5, 5.41) is 0. The Hall–Kier alpha value is -3.40. The molecule has 0 atom stereocenters. The quantitative estimate of drug-likeness (QED) is 0.577. The van der Waals surface area contributed by atoms with E-state index in [-0.39, 0.29) is 0 Å². The van der Waals surface area contributed by atoms with Crippen LogP contribution in [0.25, 0.3) is 0 Å². The summed E-state index contributed by atoms with van der Waals surface area (Å²) in [4.78, 5) is 8.93. The van der Waals surface area contributed by atoms with Gasteiger partial charge in [0.15, 0.2) is 0 Å². The summed E-state index contributed by atoms with van der Waals surface area (Å²) < 4.78 is 10.3. The maximum Gasteiger partial charge on any atom is 0.119 e. The molecule has 0 unspecified atom stereocenters. The van der Waals surface area contributed by atoms with Crippen LogP contribution in [0.1, 0.15) is 11.1 Å². The molecule has 0 spiro atoms. The number of aliphatic imine (C=N–C) groups is 2. The van der Waals surface area contributed by atoms with Gasteiger partial charge in [-0.05, 0) is 59.7 Å². The van der Waals surface area contributed by atoms with Crippen LogP contribution in [0, 0.1) is 0 Å². The van der Waals surface area contributed by atoms with Gasteiger partial charge in [-0.15, -0.1) is 0 Å². The molecule has 0 aliphatic rings. The van der Waals surface area contributed by atoms with Crippen LogP contribution in [0.5, 0.6) is 11.5 Å². The van der Waals surface area contributed by atoms with Gasteiger partial charge in [0.2, 0.25) is 0 Å². The highest BCUT2D eigenvalue weighted by Crippen LogP contribution is 2.18. The second-order valence-corrected chi connectivity index (χ2v) is 5.58. The molecule has 0 N–H and O–H groups in total. The molecule has 0 radical (unpaired) electrons. The molecule has 130 valence electrons. The minimum atomic E-state index is 0.824. The third kappa shape index (κ3) is 4.80. The van der Waals surface area contributed by atoms with Gasteiger partial charge >= 0.3 is 0 Å². The largest absolute Gasteiger partial charge is 0.497 e. The van der Waals surface area contributed by atoms with Crippen molar-refractivity contribution in [3.05, 3.63) is 83.9 Å². The fraction of sp³-hybridized carbons (Fsp3) is 0.0909. The van der Waals surface area contributed by atoms with Gasteiger partial charge < -0.3 is 9.47 Å². The first kappa shape index (κ1) is 17.4. The number of nitrogens with zero attached hydrogens (tertiary/aromatic N) is 2. The molecule has 26 heavy (non-hydrogen) atoms. The third-order valence-electron chi connectivity index (χ3n) is 3.81. The molecule has 0 aliphatic heterocycles. The predicted octanol–water partition coefficient (Wildman–Crippen LogP) is 5.21. The molecule has 0 aromatic heterocycles. The van der Waals surface area contributed by atoms with E-state index in [4.69, 9.17) is 9.47 Å². The molecule has 4 heteroatoms. The van der Waals surface area contributed by atoms with Crippen molar-refractivity contribution in [1.29, 1.82) is 0 Å². The number of ether oxygens (including phenoxy) is 2. The summed E-state index contributed by atoms with van der Waals surface area (Å²) in [5.74, 6) is 1.65. The highest BCUT2D eigenvalue weighted by Gasteiger charge is 1.94. The van der Waals surface area contributed by atoms with Gasteiger partial charge in [0.1, 0.15) is 11.5 Å². The molecule has 0 bridgehead atoms. The molecular formula is C22H20N2O2. The van der Waals surface area contributed by atoms with E-state index < -0.39 is 0 Å². The van der Waals surface area contributed by atoms with Crippen molar-refractivity contribution in [3.63, 3.8) is 0 Å².